The second kappa shape index (κ2) is 4.68. The maximum Gasteiger partial charge on any atom is 0.352 e. The van der Waals surface area contributed by atoms with Crippen LogP contribution in [0.2, 0.25) is 0 Å². The maximum atomic E-state index is 10.7. The normalized spacial score (nSPS) is 11.6. The van der Waals surface area contributed by atoms with E-state index in [1.165, 1.54) is 12.1 Å². The molecule has 9 heteroatoms. The van der Waals surface area contributed by atoms with E-state index in [4.69, 9.17) is 4.55 Å². The van der Waals surface area contributed by atoms with Crippen LogP contribution in [0.4, 0.5) is 5.69 Å². The first kappa shape index (κ1) is 12.1. The summed E-state index contributed by atoms with van der Waals surface area (Å²) in [5, 5.41) is 13.1. The highest BCUT2D eigenvalue weighted by Gasteiger charge is 2.08. The number of hydrogen-bond acceptors (Lipinski definition) is 6. The molecular formula is C7H7N3O5S. The maximum absolute atomic E-state index is 10.7. The highest BCUT2D eigenvalue weighted by Crippen LogP contribution is 2.13. The lowest BCUT2D eigenvalue weighted by Gasteiger charge is -1.97. The van der Waals surface area contributed by atoms with Crippen molar-refractivity contribution in [1.82, 2.24) is 0 Å². The number of benzene rings is 1. The Morgan fingerprint density at radius 1 is 1.38 bits per heavy atom. The van der Waals surface area contributed by atoms with E-state index in [2.05, 4.69) is 10.5 Å². The van der Waals surface area contributed by atoms with Crippen LogP contribution in [-0.2, 0) is 10.1 Å². The van der Waals surface area contributed by atoms with Crippen molar-refractivity contribution < 1.29 is 17.9 Å². The van der Waals surface area contributed by atoms with Gasteiger partial charge < -0.3 is 10.1 Å². The van der Waals surface area contributed by atoms with Crippen LogP contribution in [0.1, 0.15) is 0 Å². The summed E-state index contributed by atoms with van der Waals surface area (Å²) < 4.78 is 30.0. The highest BCUT2D eigenvalue weighted by atomic mass is 32.2. The van der Waals surface area contributed by atoms with Crippen molar-refractivity contribution >= 4 is 22.1 Å². The monoisotopic (exact) mass is 245 g/mol. The SMILES string of the molecule is O=[N+]([O-])C=NNc1ccc(S(=O)(=O)O)cc1. The number of nitrogens with zero attached hydrogens (tertiary/aromatic N) is 2. The molecule has 8 nitrogen and oxygen atoms in total. The standard InChI is InChI=1S/C7H7N3O5S/c11-10(12)5-8-9-6-1-3-7(4-2-6)16(13,14)15/h1-5,9H,(H,13,14,15). The van der Waals surface area contributed by atoms with Crippen molar-refractivity contribution in [2.45, 2.75) is 4.90 Å². The van der Waals surface area contributed by atoms with Crippen molar-refractivity contribution in [3.8, 4) is 0 Å². The number of nitro groups is 1. The summed E-state index contributed by atoms with van der Waals surface area (Å²) >= 11 is 0. The van der Waals surface area contributed by atoms with Gasteiger partial charge in [-0.25, -0.2) is 0 Å². The molecule has 16 heavy (non-hydrogen) atoms. The van der Waals surface area contributed by atoms with Crippen LogP contribution in [0.25, 0.3) is 0 Å². The predicted molar refractivity (Wildman–Crippen MR) is 55.4 cm³/mol. The second-order valence-electron chi connectivity index (χ2n) is 2.64. The molecule has 1 aromatic carbocycles. The van der Waals surface area contributed by atoms with Gasteiger partial charge in [-0.2, -0.15) is 13.8 Å². The molecule has 2 N–H and O–H groups in total. The molecule has 0 heterocycles. The first-order chi connectivity index (χ1) is 7.39. The Bertz CT molecular complexity index is 507. The fourth-order valence-electron chi connectivity index (χ4n) is 0.852. The lowest BCUT2D eigenvalue weighted by atomic mass is 10.3. The number of nitrogens with one attached hydrogen (secondary N) is 1. The first-order valence-electron chi connectivity index (χ1n) is 3.90. The third-order valence-corrected chi connectivity index (χ3v) is 2.37. The Hall–Kier alpha value is -2.00. The summed E-state index contributed by atoms with van der Waals surface area (Å²) in [6, 6.07) is 4.89. The molecule has 0 radical (unpaired) electrons. The summed E-state index contributed by atoms with van der Waals surface area (Å²) in [5.41, 5.74) is 2.66. The van der Waals surface area contributed by atoms with Gasteiger partial charge in [-0.15, -0.1) is 0 Å². The van der Waals surface area contributed by atoms with Gasteiger partial charge in [0.2, 0.25) is 0 Å². The summed E-state index contributed by atoms with van der Waals surface area (Å²) in [6.07, 6.45) is 0.455. The molecule has 1 aromatic rings. The molecule has 0 fully saturated rings. The predicted octanol–water partition coefficient (Wildman–Crippen LogP) is 0.565. The van der Waals surface area contributed by atoms with Crippen molar-refractivity contribution in [2.75, 3.05) is 5.43 Å². The Balaban J connectivity index is 2.77. The number of hydrogen-bond donors (Lipinski definition) is 2. The average Bonchev–Trinajstić information content (AvgIpc) is 2.16. The molecule has 0 aliphatic heterocycles. The largest absolute Gasteiger partial charge is 0.358 e. The van der Waals surface area contributed by atoms with Crippen LogP contribution >= 0.6 is 0 Å². The van der Waals surface area contributed by atoms with Gasteiger partial charge in [0.25, 0.3) is 10.1 Å². The number of anilines is 1. The minimum absolute atomic E-state index is 0.267. The van der Waals surface area contributed by atoms with Crippen molar-refractivity contribution in [3.05, 3.63) is 34.4 Å². The van der Waals surface area contributed by atoms with E-state index < -0.39 is 15.0 Å². The molecule has 0 aliphatic rings. The fourth-order valence-corrected chi connectivity index (χ4v) is 1.33. The fraction of sp³-hybridized carbons (Fsp3) is 0. The summed E-state index contributed by atoms with van der Waals surface area (Å²) in [5.74, 6) is 0. The third-order valence-electron chi connectivity index (χ3n) is 1.50. The van der Waals surface area contributed by atoms with Gasteiger partial charge in [-0.3, -0.25) is 4.55 Å². The topological polar surface area (TPSA) is 122 Å². The molecule has 0 unspecified atom stereocenters. The molecule has 0 saturated carbocycles. The molecule has 0 amide bonds. The molecule has 0 saturated heterocycles. The van der Waals surface area contributed by atoms with Crippen molar-refractivity contribution in [3.63, 3.8) is 0 Å². The Labute approximate surface area is 90.5 Å². The lowest BCUT2D eigenvalue weighted by molar-refractivity contribution is -0.339. The molecular weight excluding hydrogens is 238 g/mol. The number of hydrazone groups is 1. The zero-order valence-electron chi connectivity index (χ0n) is 7.77. The molecule has 0 aliphatic carbocycles. The average molecular weight is 245 g/mol. The zero-order chi connectivity index (χ0) is 12.2. The Morgan fingerprint density at radius 2 is 1.94 bits per heavy atom. The minimum Gasteiger partial charge on any atom is -0.358 e. The van der Waals surface area contributed by atoms with Crippen LogP contribution in [0.15, 0.2) is 34.3 Å². The second-order valence-corrected chi connectivity index (χ2v) is 4.06. The van der Waals surface area contributed by atoms with Crippen LogP contribution in [-0.4, -0.2) is 24.2 Å². The Morgan fingerprint density at radius 3 is 2.38 bits per heavy atom. The summed E-state index contributed by atoms with van der Waals surface area (Å²) in [6.45, 7) is 0. The first-order valence-corrected chi connectivity index (χ1v) is 5.34. The van der Waals surface area contributed by atoms with E-state index in [-0.39, 0.29) is 4.90 Å². The van der Waals surface area contributed by atoms with E-state index >= 15 is 0 Å². The van der Waals surface area contributed by atoms with Crippen LogP contribution in [0, 0.1) is 10.1 Å². The van der Waals surface area contributed by atoms with E-state index in [1.807, 2.05) is 0 Å². The number of rotatable bonds is 4. The van der Waals surface area contributed by atoms with Gasteiger partial charge in [-0.1, -0.05) is 0 Å². The quantitative estimate of drug-likeness (QED) is 0.263. The van der Waals surface area contributed by atoms with Gasteiger partial charge >= 0.3 is 6.34 Å². The molecule has 1 rings (SSSR count). The zero-order valence-corrected chi connectivity index (χ0v) is 8.59. The van der Waals surface area contributed by atoms with E-state index in [0.717, 1.165) is 12.1 Å². The summed E-state index contributed by atoms with van der Waals surface area (Å²) in [7, 11) is -4.23. The van der Waals surface area contributed by atoms with Crippen LogP contribution in [0.3, 0.4) is 0 Å². The minimum atomic E-state index is -4.23. The third kappa shape index (κ3) is 3.63. The molecule has 0 atom stereocenters. The van der Waals surface area contributed by atoms with E-state index in [0.29, 0.717) is 12.0 Å². The van der Waals surface area contributed by atoms with Crippen LogP contribution < -0.4 is 5.43 Å². The van der Waals surface area contributed by atoms with Gasteiger partial charge in [-0.05, 0) is 29.2 Å². The van der Waals surface area contributed by atoms with Gasteiger partial charge in [0.15, 0.2) is 0 Å². The van der Waals surface area contributed by atoms with E-state index in [1.54, 1.807) is 0 Å². The smallest absolute Gasteiger partial charge is 0.352 e. The Kier molecular flexibility index (Phi) is 3.53. The molecule has 0 spiro atoms. The molecule has 86 valence electrons. The van der Waals surface area contributed by atoms with Gasteiger partial charge in [0.1, 0.15) is 0 Å². The van der Waals surface area contributed by atoms with Gasteiger partial charge in [0, 0.05) is 5.10 Å². The molecule has 0 bridgehead atoms. The van der Waals surface area contributed by atoms with Crippen LogP contribution in [0.5, 0.6) is 0 Å². The molecule has 0 aromatic heterocycles. The lowest BCUT2D eigenvalue weighted by Crippen LogP contribution is -1.99. The van der Waals surface area contributed by atoms with Crippen molar-refractivity contribution in [2.24, 2.45) is 5.10 Å². The van der Waals surface area contributed by atoms with E-state index in [9.17, 15) is 18.5 Å². The highest BCUT2D eigenvalue weighted by molar-refractivity contribution is 7.85. The summed E-state index contributed by atoms with van der Waals surface area (Å²) in [4.78, 5) is 8.86. The van der Waals surface area contributed by atoms with Crippen molar-refractivity contribution in [1.29, 1.82) is 0 Å². The van der Waals surface area contributed by atoms with Gasteiger partial charge in [0.05, 0.1) is 10.6 Å².